The quantitative estimate of drug-likeness (QED) is 0.625. The Morgan fingerprint density at radius 2 is 1.58 bits per heavy atom. The predicted molar refractivity (Wildman–Crippen MR) is 124 cm³/mol. The van der Waals surface area contributed by atoms with Crippen LogP contribution in [0.2, 0.25) is 0 Å². The summed E-state index contributed by atoms with van der Waals surface area (Å²) in [6, 6.07) is 7.94. The number of methoxy groups -OCH3 is 1. The van der Waals surface area contributed by atoms with Crippen LogP contribution in [-0.2, 0) is 4.79 Å². The van der Waals surface area contributed by atoms with Gasteiger partial charge in [-0.3, -0.25) is 9.36 Å². The zero-order valence-corrected chi connectivity index (χ0v) is 19.3. The Labute approximate surface area is 189 Å². The van der Waals surface area contributed by atoms with Crippen molar-refractivity contribution < 1.29 is 9.53 Å². The number of rotatable bonds is 6. The second kappa shape index (κ2) is 10.9. The fourth-order valence-electron chi connectivity index (χ4n) is 4.39. The van der Waals surface area contributed by atoms with E-state index in [0.717, 1.165) is 74.4 Å². The van der Waals surface area contributed by atoms with E-state index in [9.17, 15) is 4.79 Å². The molecule has 31 heavy (non-hydrogen) atoms. The Kier molecular flexibility index (Phi) is 7.72. The van der Waals surface area contributed by atoms with Gasteiger partial charge in [-0.25, -0.2) is 0 Å². The third-order valence-electron chi connectivity index (χ3n) is 6.11. The lowest BCUT2D eigenvalue weighted by molar-refractivity contribution is -0.128. The fourth-order valence-corrected chi connectivity index (χ4v) is 5.24. The number of amides is 1. The maximum atomic E-state index is 12.9. The number of carbonyl (C=O) groups is 1. The summed E-state index contributed by atoms with van der Waals surface area (Å²) in [5.74, 6) is 2.19. The van der Waals surface area contributed by atoms with Gasteiger partial charge in [0.2, 0.25) is 11.9 Å². The summed E-state index contributed by atoms with van der Waals surface area (Å²) in [7, 11) is 1.68. The molecule has 1 aromatic carbocycles. The highest BCUT2D eigenvalue weighted by Crippen LogP contribution is 2.33. The van der Waals surface area contributed by atoms with Crippen molar-refractivity contribution in [2.75, 3.05) is 43.9 Å². The monoisotopic (exact) mass is 443 g/mol. The van der Waals surface area contributed by atoms with Gasteiger partial charge in [-0.15, -0.1) is 10.2 Å². The van der Waals surface area contributed by atoms with E-state index < -0.39 is 0 Å². The highest BCUT2D eigenvalue weighted by atomic mass is 32.2. The number of anilines is 1. The van der Waals surface area contributed by atoms with Crippen molar-refractivity contribution in [2.24, 2.45) is 0 Å². The molecule has 0 unspecified atom stereocenters. The number of likely N-dealkylation sites (tertiary alicyclic amines) is 1. The molecule has 0 saturated carbocycles. The molecule has 1 aromatic heterocycles. The number of ether oxygens (including phenoxy) is 1. The number of thioether (sulfide) groups is 1. The topological polar surface area (TPSA) is 63.5 Å². The number of para-hydroxylation sites is 2. The molecule has 0 aliphatic carbocycles. The van der Waals surface area contributed by atoms with Crippen LogP contribution >= 0.6 is 11.8 Å². The lowest BCUT2D eigenvalue weighted by Crippen LogP contribution is -2.35. The Morgan fingerprint density at radius 1 is 0.935 bits per heavy atom. The molecule has 0 bridgehead atoms. The smallest absolute Gasteiger partial charge is 0.233 e. The minimum absolute atomic E-state index is 0.195. The van der Waals surface area contributed by atoms with Gasteiger partial charge in [-0.1, -0.05) is 43.2 Å². The molecule has 7 nitrogen and oxygen atoms in total. The van der Waals surface area contributed by atoms with Gasteiger partial charge in [0, 0.05) is 26.2 Å². The molecular formula is C23H33N5O2S. The summed E-state index contributed by atoms with van der Waals surface area (Å²) in [6.45, 7) is 3.70. The molecule has 1 amide bonds. The average molecular weight is 444 g/mol. The second-order valence-corrected chi connectivity index (χ2v) is 9.22. The molecule has 2 aromatic rings. The SMILES string of the molecule is COc1ccccc1-n1c(SCC(=O)N2CCCCCCC2)nnc1N1CCCCC1. The minimum atomic E-state index is 0.195. The van der Waals surface area contributed by atoms with Crippen molar-refractivity contribution in [3.63, 3.8) is 0 Å². The van der Waals surface area contributed by atoms with E-state index in [2.05, 4.69) is 19.7 Å². The van der Waals surface area contributed by atoms with Gasteiger partial charge >= 0.3 is 0 Å². The van der Waals surface area contributed by atoms with Gasteiger partial charge in [0.15, 0.2) is 5.16 Å². The normalized spacial score (nSPS) is 17.8. The van der Waals surface area contributed by atoms with Crippen LogP contribution in [0.5, 0.6) is 5.75 Å². The number of piperidine rings is 1. The van der Waals surface area contributed by atoms with Crippen molar-refractivity contribution in [2.45, 2.75) is 56.5 Å². The summed E-state index contributed by atoms with van der Waals surface area (Å²) in [6.07, 6.45) is 9.52. The molecule has 2 fully saturated rings. The molecule has 2 saturated heterocycles. The van der Waals surface area contributed by atoms with E-state index in [1.807, 2.05) is 29.2 Å². The molecule has 0 N–H and O–H groups in total. The van der Waals surface area contributed by atoms with Crippen molar-refractivity contribution in [3.8, 4) is 11.4 Å². The van der Waals surface area contributed by atoms with Gasteiger partial charge in [-0.2, -0.15) is 0 Å². The summed E-state index contributed by atoms with van der Waals surface area (Å²) in [5.41, 5.74) is 0.914. The molecule has 2 aliphatic heterocycles. The van der Waals surface area contributed by atoms with Crippen LogP contribution in [0.3, 0.4) is 0 Å². The van der Waals surface area contributed by atoms with Crippen molar-refractivity contribution in [1.82, 2.24) is 19.7 Å². The average Bonchev–Trinajstić information content (AvgIpc) is 3.21. The number of hydrogen-bond donors (Lipinski definition) is 0. The standard InChI is InChI=1S/C23H33N5O2S/c1-30-20-13-7-6-12-19(20)28-22(27-16-10-5-11-17-27)24-25-23(28)31-18-21(29)26-14-8-3-2-4-9-15-26/h6-7,12-13H,2-5,8-11,14-18H2,1H3. The fraction of sp³-hybridized carbons (Fsp3) is 0.609. The van der Waals surface area contributed by atoms with Gasteiger partial charge in [0.1, 0.15) is 5.75 Å². The van der Waals surface area contributed by atoms with E-state index in [-0.39, 0.29) is 5.91 Å². The van der Waals surface area contributed by atoms with Gasteiger partial charge in [-0.05, 0) is 44.2 Å². The van der Waals surface area contributed by atoms with Crippen LogP contribution in [0, 0.1) is 0 Å². The van der Waals surface area contributed by atoms with Crippen LogP contribution in [0.15, 0.2) is 29.4 Å². The van der Waals surface area contributed by atoms with Gasteiger partial charge < -0.3 is 14.5 Å². The molecule has 3 heterocycles. The lowest BCUT2D eigenvalue weighted by atomic mass is 10.1. The number of nitrogens with zero attached hydrogens (tertiary/aromatic N) is 5. The zero-order valence-electron chi connectivity index (χ0n) is 18.5. The highest BCUT2D eigenvalue weighted by Gasteiger charge is 2.24. The number of benzene rings is 1. The van der Waals surface area contributed by atoms with Gasteiger partial charge in [0.25, 0.3) is 0 Å². The number of hydrogen-bond acceptors (Lipinski definition) is 6. The van der Waals surface area contributed by atoms with Crippen LogP contribution in [0.4, 0.5) is 5.95 Å². The molecule has 168 valence electrons. The highest BCUT2D eigenvalue weighted by molar-refractivity contribution is 7.99. The van der Waals surface area contributed by atoms with Crippen molar-refractivity contribution in [3.05, 3.63) is 24.3 Å². The molecule has 0 radical (unpaired) electrons. The summed E-state index contributed by atoms with van der Waals surface area (Å²) < 4.78 is 7.70. The van der Waals surface area contributed by atoms with Crippen LogP contribution in [0.1, 0.15) is 51.4 Å². The number of aromatic nitrogens is 3. The zero-order chi connectivity index (χ0) is 21.5. The molecular weight excluding hydrogens is 410 g/mol. The van der Waals surface area contributed by atoms with E-state index in [1.54, 1.807) is 7.11 Å². The first-order valence-corrected chi connectivity index (χ1v) is 12.5. The molecule has 4 rings (SSSR count). The minimum Gasteiger partial charge on any atom is -0.495 e. The first kappa shape index (κ1) is 22.0. The summed E-state index contributed by atoms with van der Waals surface area (Å²) in [5, 5.41) is 9.79. The Balaban J connectivity index is 1.57. The Hall–Kier alpha value is -2.22. The third kappa shape index (κ3) is 5.34. The first-order valence-electron chi connectivity index (χ1n) is 11.5. The molecule has 0 atom stereocenters. The Morgan fingerprint density at radius 3 is 2.32 bits per heavy atom. The van der Waals surface area contributed by atoms with Crippen LogP contribution in [0.25, 0.3) is 5.69 Å². The van der Waals surface area contributed by atoms with E-state index in [0.29, 0.717) is 5.75 Å². The van der Waals surface area contributed by atoms with E-state index >= 15 is 0 Å². The van der Waals surface area contributed by atoms with Crippen molar-refractivity contribution in [1.29, 1.82) is 0 Å². The summed E-state index contributed by atoms with van der Waals surface area (Å²) in [4.78, 5) is 17.3. The largest absolute Gasteiger partial charge is 0.495 e. The second-order valence-electron chi connectivity index (χ2n) is 8.27. The van der Waals surface area contributed by atoms with Crippen LogP contribution in [-0.4, -0.2) is 64.6 Å². The Bertz CT molecular complexity index is 857. The maximum absolute atomic E-state index is 12.9. The maximum Gasteiger partial charge on any atom is 0.233 e. The molecule has 0 spiro atoms. The molecule has 2 aliphatic rings. The predicted octanol–water partition coefficient (Wildman–Crippen LogP) is 4.15. The van der Waals surface area contributed by atoms with Crippen molar-refractivity contribution >= 4 is 23.6 Å². The number of carbonyl (C=O) groups excluding carboxylic acids is 1. The van der Waals surface area contributed by atoms with E-state index in [1.165, 1.54) is 37.4 Å². The van der Waals surface area contributed by atoms with E-state index in [4.69, 9.17) is 4.74 Å². The molecule has 8 heteroatoms. The third-order valence-corrected chi connectivity index (χ3v) is 7.03. The first-order chi connectivity index (χ1) is 15.3. The van der Waals surface area contributed by atoms with Crippen LogP contribution < -0.4 is 9.64 Å². The summed E-state index contributed by atoms with van der Waals surface area (Å²) >= 11 is 1.48. The lowest BCUT2D eigenvalue weighted by Gasteiger charge is -2.28. The van der Waals surface area contributed by atoms with Gasteiger partial charge in [0.05, 0.1) is 18.6 Å².